The number of carbonyl (C=O) groups excluding carboxylic acids is 1. The topological polar surface area (TPSA) is 60.9 Å². The van der Waals surface area contributed by atoms with Crippen molar-refractivity contribution in [2.24, 2.45) is 12.8 Å². The smallest absolute Gasteiger partial charge is 0.156 e. The average Bonchev–Trinajstić information content (AvgIpc) is 2.67. The Morgan fingerprint density at radius 3 is 3.00 bits per heavy atom. The number of benzene rings is 1. The van der Waals surface area contributed by atoms with Crippen LogP contribution in [0.3, 0.4) is 0 Å². The molecule has 0 aliphatic rings. The lowest BCUT2D eigenvalue weighted by Gasteiger charge is -2.05. The summed E-state index contributed by atoms with van der Waals surface area (Å²) < 4.78 is 1.77. The van der Waals surface area contributed by atoms with Gasteiger partial charge in [0.05, 0.1) is 23.7 Å². The Balaban J connectivity index is 2.28. The van der Waals surface area contributed by atoms with Gasteiger partial charge < -0.3 is 5.73 Å². The number of nitrogens with two attached hydrogens (primary N) is 1. The van der Waals surface area contributed by atoms with Crippen LogP contribution in [0.5, 0.6) is 0 Å². The largest absolute Gasteiger partial charge is 0.321 e. The zero-order chi connectivity index (χ0) is 13.1. The lowest BCUT2D eigenvalue weighted by molar-refractivity contribution is -0.119. The van der Waals surface area contributed by atoms with Crippen molar-refractivity contribution in [1.82, 2.24) is 9.78 Å². The van der Waals surface area contributed by atoms with E-state index in [1.54, 1.807) is 4.68 Å². The fourth-order valence-electron chi connectivity index (χ4n) is 1.96. The second-order valence-electron chi connectivity index (χ2n) is 4.25. The number of aromatic nitrogens is 2. The molecular formula is C14H15N3O. The van der Waals surface area contributed by atoms with Crippen molar-refractivity contribution in [3.05, 3.63) is 30.0 Å². The maximum atomic E-state index is 11.9. The van der Waals surface area contributed by atoms with Crippen molar-refractivity contribution in [2.45, 2.75) is 18.9 Å². The Hall–Kier alpha value is -2.12. The summed E-state index contributed by atoms with van der Waals surface area (Å²) in [5, 5.41) is 5.35. The number of terminal acetylenes is 1. The maximum absolute atomic E-state index is 11.9. The molecule has 0 saturated carbocycles. The molecule has 4 nitrogen and oxygen atoms in total. The van der Waals surface area contributed by atoms with E-state index >= 15 is 0 Å². The first-order valence-electron chi connectivity index (χ1n) is 5.76. The van der Waals surface area contributed by atoms with E-state index in [9.17, 15) is 4.79 Å². The third-order valence-electron chi connectivity index (χ3n) is 2.93. The van der Waals surface area contributed by atoms with E-state index in [1.807, 2.05) is 31.3 Å². The highest BCUT2D eigenvalue weighted by Crippen LogP contribution is 2.18. The Bertz CT molecular complexity index is 621. The summed E-state index contributed by atoms with van der Waals surface area (Å²) in [5.74, 6) is 2.33. The molecule has 2 aromatic rings. The van der Waals surface area contributed by atoms with Crippen LogP contribution in [0.2, 0.25) is 0 Å². The number of Topliss-reactive ketones (excluding diaryl/α,β-unsaturated/α-hetero) is 1. The molecule has 2 rings (SSSR count). The summed E-state index contributed by atoms with van der Waals surface area (Å²) in [4.78, 5) is 11.9. The first-order valence-corrected chi connectivity index (χ1v) is 5.76. The number of rotatable bonds is 4. The SMILES string of the molecule is C#CCC(N)C(=O)Cc1nn(C)c2ccccc12. The predicted molar refractivity (Wildman–Crippen MR) is 70.9 cm³/mol. The van der Waals surface area contributed by atoms with Gasteiger partial charge >= 0.3 is 0 Å². The molecule has 0 amide bonds. The van der Waals surface area contributed by atoms with E-state index in [4.69, 9.17) is 12.2 Å². The molecule has 0 saturated heterocycles. The lowest BCUT2D eigenvalue weighted by Crippen LogP contribution is -2.31. The number of aryl methyl sites for hydroxylation is 1. The van der Waals surface area contributed by atoms with Gasteiger partial charge in [0.25, 0.3) is 0 Å². The third kappa shape index (κ3) is 2.27. The van der Waals surface area contributed by atoms with Crippen molar-refractivity contribution in [1.29, 1.82) is 0 Å². The van der Waals surface area contributed by atoms with E-state index in [-0.39, 0.29) is 18.6 Å². The fraction of sp³-hybridized carbons (Fsp3) is 0.286. The van der Waals surface area contributed by atoms with Crippen molar-refractivity contribution in [3.63, 3.8) is 0 Å². The van der Waals surface area contributed by atoms with Gasteiger partial charge in [-0.25, -0.2) is 0 Å². The Morgan fingerprint density at radius 1 is 1.56 bits per heavy atom. The molecule has 1 aromatic carbocycles. The van der Waals surface area contributed by atoms with Gasteiger partial charge in [-0.1, -0.05) is 18.2 Å². The minimum absolute atomic E-state index is 0.0724. The van der Waals surface area contributed by atoms with Crippen molar-refractivity contribution < 1.29 is 4.79 Å². The summed E-state index contributed by atoms with van der Waals surface area (Å²) in [7, 11) is 1.86. The van der Waals surface area contributed by atoms with Crippen LogP contribution in [-0.2, 0) is 18.3 Å². The van der Waals surface area contributed by atoms with E-state index in [0.717, 1.165) is 16.6 Å². The number of carbonyl (C=O) groups is 1. The molecule has 0 spiro atoms. The Labute approximate surface area is 106 Å². The van der Waals surface area contributed by atoms with Gasteiger partial charge in [-0.05, 0) is 6.07 Å². The summed E-state index contributed by atoms with van der Waals surface area (Å²) in [5.41, 5.74) is 7.46. The summed E-state index contributed by atoms with van der Waals surface area (Å²) in [6, 6.07) is 7.20. The van der Waals surface area contributed by atoms with Gasteiger partial charge in [-0.3, -0.25) is 9.48 Å². The zero-order valence-electron chi connectivity index (χ0n) is 10.3. The predicted octanol–water partition coefficient (Wildman–Crippen LogP) is 1.04. The van der Waals surface area contributed by atoms with Crippen molar-refractivity contribution in [3.8, 4) is 12.3 Å². The Morgan fingerprint density at radius 2 is 2.28 bits per heavy atom. The standard InChI is InChI=1S/C14H15N3O/c1-3-6-11(15)14(18)9-12-10-7-4-5-8-13(10)17(2)16-12/h1,4-5,7-8,11H,6,9,15H2,2H3. The number of fused-ring (bicyclic) bond motifs is 1. The average molecular weight is 241 g/mol. The van der Waals surface area contributed by atoms with Gasteiger partial charge in [0, 0.05) is 18.9 Å². The number of hydrogen-bond acceptors (Lipinski definition) is 3. The minimum atomic E-state index is -0.601. The molecule has 0 bridgehead atoms. The van der Waals surface area contributed by atoms with Crippen molar-refractivity contribution >= 4 is 16.7 Å². The van der Waals surface area contributed by atoms with E-state index in [1.165, 1.54) is 0 Å². The van der Waals surface area contributed by atoms with Crippen LogP contribution in [0.15, 0.2) is 24.3 Å². The minimum Gasteiger partial charge on any atom is -0.321 e. The summed E-state index contributed by atoms with van der Waals surface area (Å²) in [6.07, 6.45) is 5.65. The molecule has 0 radical (unpaired) electrons. The second kappa shape index (κ2) is 5.03. The summed E-state index contributed by atoms with van der Waals surface area (Å²) >= 11 is 0. The normalized spacial score (nSPS) is 12.3. The van der Waals surface area contributed by atoms with Crippen LogP contribution in [0.25, 0.3) is 10.9 Å². The van der Waals surface area contributed by atoms with Crippen LogP contribution >= 0.6 is 0 Å². The molecular weight excluding hydrogens is 226 g/mol. The monoisotopic (exact) mass is 241 g/mol. The highest BCUT2D eigenvalue weighted by Gasteiger charge is 2.16. The molecule has 0 fully saturated rings. The van der Waals surface area contributed by atoms with Gasteiger partial charge in [-0.2, -0.15) is 5.10 Å². The van der Waals surface area contributed by atoms with Crippen LogP contribution in [0, 0.1) is 12.3 Å². The van der Waals surface area contributed by atoms with E-state index < -0.39 is 6.04 Å². The van der Waals surface area contributed by atoms with Crippen LogP contribution < -0.4 is 5.73 Å². The van der Waals surface area contributed by atoms with E-state index in [0.29, 0.717) is 0 Å². The molecule has 1 heterocycles. The second-order valence-corrected chi connectivity index (χ2v) is 4.25. The van der Waals surface area contributed by atoms with Crippen LogP contribution in [0.4, 0.5) is 0 Å². The summed E-state index contributed by atoms with van der Waals surface area (Å²) in [6.45, 7) is 0. The third-order valence-corrected chi connectivity index (χ3v) is 2.93. The molecule has 1 aromatic heterocycles. The highest BCUT2D eigenvalue weighted by atomic mass is 16.1. The molecule has 1 unspecified atom stereocenters. The highest BCUT2D eigenvalue weighted by molar-refractivity contribution is 5.91. The zero-order valence-corrected chi connectivity index (χ0v) is 10.3. The lowest BCUT2D eigenvalue weighted by atomic mass is 10.0. The maximum Gasteiger partial charge on any atom is 0.156 e. The molecule has 0 aliphatic carbocycles. The molecule has 92 valence electrons. The van der Waals surface area contributed by atoms with Gasteiger partial charge in [0.2, 0.25) is 0 Å². The van der Waals surface area contributed by atoms with Gasteiger partial charge in [0.15, 0.2) is 5.78 Å². The molecule has 0 aliphatic heterocycles. The van der Waals surface area contributed by atoms with E-state index in [2.05, 4.69) is 11.0 Å². The first-order chi connectivity index (χ1) is 8.63. The first kappa shape index (κ1) is 12.3. The Kier molecular flexibility index (Phi) is 3.45. The molecule has 18 heavy (non-hydrogen) atoms. The van der Waals surface area contributed by atoms with Gasteiger partial charge in [0.1, 0.15) is 0 Å². The van der Waals surface area contributed by atoms with Crippen molar-refractivity contribution in [2.75, 3.05) is 0 Å². The molecule has 1 atom stereocenters. The van der Waals surface area contributed by atoms with Crippen LogP contribution in [0.1, 0.15) is 12.1 Å². The fourth-order valence-corrected chi connectivity index (χ4v) is 1.96. The van der Waals surface area contributed by atoms with Crippen LogP contribution in [-0.4, -0.2) is 21.6 Å². The molecule has 4 heteroatoms. The number of nitrogens with zero attached hydrogens (tertiary/aromatic N) is 2. The number of para-hydroxylation sites is 1. The number of ketones is 1. The molecule has 2 N–H and O–H groups in total. The quantitative estimate of drug-likeness (QED) is 0.813. The number of hydrogen-bond donors (Lipinski definition) is 1. The van der Waals surface area contributed by atoms with Gasteiger partial charge in [-0.15, -0.1) is 12.3 Å².